The smallest absolute Gasteiger partial charge is 0.236 e. The van der Waals surface area contributed by atoms with Crippen LogP contribution in [0.1, 0.15) is 18.9 Å². The van der Waals surface area contributed by atoms with Crippen LogP contribution in [0.4, 0.5) is 4.39 Å². The van der Waals surface area contributed by atoms with Crippen molar-refractivity contribution >= 4 is 5.91 Å². The van der Waals surface area contributed by atoms with E-state index in [1.807, 2.05) is 13.0 Å². The molecule has 0 unspecified atom stereocenters. The van der Waals surface area contributed by atoms with E-state index in [2.05, 4.69) is 5.32 Å². The summed E-state index contributed by atoms with van der Waals surface area (Å²) in [5.41, 5.74) is 6.41. The Labute approximate surface area is 94.8 Å². The lowest BCUT2D eigenvalue weighted by molar-refractivity contribution is -0.122. The fourth-order valence-electron chi connectivity index (χ4n) is 1.34. The average Bonchev–Trinajstić information content (AvgIpc) is 2.28. The van der Waals surface area contributed by atoms with Gasteiger partial charge in [0.2, 0.25) is 5.91 Å². The molecular formula is C12H17FN2O. The quantitative estimate of drug-likeness (QED) is 0.790. The number of nitrogens with one attached hydrogen (secondary N) is 1. The molecule has 1 aromatic carbocycles. The van der Waals surface area contributed by atoms with Gasteiger partial charge >= 0.3 is 0 Å². The predicted molar refractivity (Wildman–Crippen MR) is 61.4 cm³/mol. The second kappa shape index (κ2) is 6.23. The first-order valence-corrected chi connectivity index (χ1v) is 5.41. The van der Waals surface area contributed by atoms with Gasteiger partial charge in [-0.05, 0) is 30.5 Å². The van der Waals surface area contributed by atoms with E-state index in [-0.39, 0.29) is 11.7 Å². The number of carbonyl (C=O) groups excluding carboxylic acids is 1. The van der Waals surface area contributed by atoms with Crippen LogP contribution in [0.2, 0.25) is 0 Å². The maximum Gasteiger partial charge on any atom is 0.236 e. The van der Waals surface area contributed by atoms with Gasteiger partial charge in [0.25, 0.3) is 0 Å². The van der Waals surface area contributed by atoms with Crippen molar-refractivity contribution in [3.05, 3.63) is 35.6 Å². The minimum atomic E-state index is -0.451. The molecule has 4 heteroatoms. The molecule has 1 amide bonds. The molecule has 0 saturated carbocycles. The van der Waals surface area contributed by atoms with Crippen molar-refractivity contribution in [2.75, 3.05) is 6.54 Å². The highest BCUT2D eigenvalue weighted by Gasteiger charge is 2.09. The summed E-state index contributed by atoms with van der Waals surface area (Å²) in [5.74, 6) is -0.409. The molecule has 0 heterocycles. The van der Waals surface area contributed by atoms with Crippen LogP contribution in [0.25, 0.3) is 0 Å². The number of halogens is 1. The van der Waals surface area contributed by atoms with Crippen LogP contribution >= 0.6 is 0 Å². The summed E-state index contributed by atoms with van der Waals surface area (Å²) in [7, 11) is 0. The van der Waals surface area contributed by atoms with Crippen LogP contribution in [-0.4, -0.2) is 18.5 Å². The van der Waals surface area contributed by atoms with Gasteiger partial charge in [-0.15, -0.1) is 0 Å². The number of carbonyl (C=O) groups is 1. The first kappa shape index (κ1) is 12.6. The number of hydrogen-bond acceptors (Lipinski definition) is 2. The molecule has 0 spiro atoms. The maximum absolute atomic E-state index is 12.8. The van der Waals surface area contributed by atoms with E-state index in [4.69, 9.17) is 5.73 Å². The van der Waals surface area contributed by atoms with Crippen LogP contribution in [-0.2, 0) is 11.2 Å². The first-order chi connectivity index (χ1) is 7.63. The van der Waals surface area contributed by atoms with Gasteiger partial charge in [0.1, 0.15) is 5.82 Å². The molecule has 0 fully saturated rings. The zero-order chi connectivity index (χ0) is 12.0. The van der Waals surface area contributed by atoms with Crippen LogP contribution in [0, 0.1) is 5.82 Å². The van der Waals surface area contributed by atoms with Crippen molar-refractivity contribution in [3.8, 4) is 0 Å². The van der Waals surface area contributed by atoms with Gasteiger partial charge in [0, 0.05) is 6.54 Å². The maximum atomic E-state index is 12.8. The molecule has 3 nitrogen and oxygen atoms in total. The Bertz CT molecular complexity index is 355. The molecule has 0 aromatic heterocycles. The summed E-state index contributed by atoms with van der Waals surface area (Å²) in [6, 6.07) is 5.90. The largest absolute Gasteiger partial charge is 0.354 e. The van der Waals surface area contributed by atoms with E-state index in [0.717, 1.165) is 5.56 Å². The molecule has 1 atom stereocenters. The zero-order valence-corrected chi connectivity index (χ0v) is 9.37. The number of hydrogen-bond donors (Lipinski definition) is 2. The van der Waals surface area contributed by atoms with E-state index >= 15 is 0 Å². The van der Waals surface area contributed by atoms with Crippen LogP contribution in [0.15, 0.2) is 24.3 Å². The average molecular weight is 224 g/mol. The van der Waals surface area contributed by atoms with Gasteiger partial charge < -0.3 is 11.1 Å². The van der Waals surface area contributed by atoms with Gasteiger partial charge in [0.05, 0.1) is 6.04 Å². The molecule has 0 aliphatic heterocycles. The monoisotopic (exact) mass is 224 g/mol. The number of benzene rings is 1. The summed E-state index contributed by atoms with van der Waals surface area (Å²) in [6.45, 7) is 2.34. The second-order valence-corrected chi connectivity index (χ2v) is 3.69. The Morgan fingerprint density at radius 3 is 2.94 bits per heavy atom. The predicted octanol–water partition coefficient (Wildman–Crippen LogP) is 1.22. The van der Waals surface area contributed by atoms with Crippen molar-refractivity contribution in [1.82, 2.24) is 5.32 Å². The molecule has 0 aliphatic carbocycles. The van der Waals surface area contributed by atoms with Crippen LogP contribution in [0.3, 0.4) is 0 Å². The molecule has 0 aliphatic rings. The normalized spacial score (nSPS) is 12.2. The molecule has 88 valence electrons. The SMILES string of the molecule is CC[C@H](N)C(=O)NCCc1cccc(F)c1. The minimum absolute atomic E-state index is 0.154. The number of nitrogens with two attached hydrogens (primary N) is 1. The fourth-order valence-corrected chi connectivity index (χ4v) is 1.34. The van der Waals surface area contributed by atoms with E-state index < -0.39 is 6.04 Å². The Balaban J connectivity index is 2.33. The lowest BCUT2D eigenvalue weighted by Gasteiger charge is -2.09. The highest BCUT2D eigenvalue weighted by Crippen LogP contribution is 2.03. The standard InChI is InChI=1S/C12H17FN2O/c1-2-11(14)12(16)15-7-6-9-4-3-5-10(13)8-9/h3-5,8,11H,2,6-7,14H2,1H3,(H,15,16)/t11-/m0/s1. The molecular weight excluding hydrogens is 207 g/mol. The van der Waals surface area contributed by atoms with Crippen molar-refractivity contribution in [2.45, 2.75) is 25.8 Å². The molecule has 0 radical (unpaired) electrons. The van der Waals surface area contributed by atoms with E-state index in [0.29, 0.717) is 19.4 Å². The number of amides is 1. The highest BCUT2D eigenvalue weighted by atomic mass is 19.1. The van der Waals surface area contributed by atoms with E-state index in [9.17, 15) is 9.18 Å². The van der Waals surface area contributed by atoms with Crippen molar-refractivity contribution in [2.24, 2.45) is 5.73 Å². The fraction of sp³-hybridized carbons (Fsp3) is 0.417. The second-order valence-electron chi connectivity index (χ2n) is 3.69. The lowest BCUT2D eigenvalue weighted by atomic mass is 10.1. The van der Waals surface area contributed by atoms with Gasteiger partial charge in [-0.1, -0.05) is 19.1 Å². The van der Waals surface area contributed by atoms with E-state index in [1.165, 1.54) is 12.1 Å². The van der Waals surface area contributed by atoms with Gasteiger partial charge in [-0.2, -0.15) is 0 Å². The van der Waals surface area contributed by atoms with Crippen molar-refractivity contribution < 1.29 is 9.18 Å². The molecule has 0 saturated heterocycles. The molecule has 1 aromatic rings. The summed E-state index contributed by atoms with van der Waals surface area (Å²) in [5, 5.41) is 2.71. The topological polar surface area (TPSA) is 55.1 Å². The van der Waals surface area contributed by atoms with E-state index in [1.54, 1.807) is 6.07 Å². The number of rotatable bonds is 5. The Hall–Kier alpha value is -1.42. The van der Waals surface area contributed by atoms with Gasteiger partial charge in [0.15, 0.2) is 0 Å². The highest BCUT2D eigenvalue weighted by molar-refractivity contribution is 5.81. The summed E-state index contributed by atoms with van der Waals surface area (Å²) in [6.07, 6.45) is 1.23. The summed E-state index contributed by atoms with van der Waals surface area (Å²) >= 11 is 0. The Morgan fingerprint density at radius 1 is 1.56 bits per heavy atom. The zero-order valence-electron chi connectivity index (χ0n) is 9.37. The molecule has 1 rings (SSSR count). The van der Waals surface area contributed by atoms with Gasteiger partial charge in [-0.3, -0.25) is 4.79 Å². The third kappa shape index (κ3) is 3.98. The molecule has 16 heavy (non-hydrogen) atoms. The van der Waals surface area contributed by atoms with Crippen LogP contribution < -0.4 is 11.1 Å². The minimum Gasteiger partial charge on any atom is -0.354 e. The Kier molecular flexibility index (Phi) is 4.92. The Morgan fingerprint density at radius 2 is 2.31 bits per heavy atom. The van der Waals surface area contributed by atoms with Gasteiger partial charge in [-0.25, -0.2) is 4.39 Å². The van der Waals surface area contributed by atoms with Crippen molar-refractivity contribution in [3.63, 3.8) is 0 Å². The third-order valence-electron chi connectivity index (χ3n) is 2.38. The van der Waals surface area contributed by atoms with Crippen LogP contribution in [0.5, 0.6) is 0 Å². The third-order valence-corrected chi connectivity index (χ3v) is 2.38. The summed E-state index contributed by atoms with van der Waals surface area (Å²) in [4.78, 5) is 11.3. The summed E-state index contributed by atoms with van der Waals surface area (Å²) < 4.78 is 12.8. The lowest BCUT2D eigenvalue weighted by Crippen LogP contribution is -2.40. The molecule has 0 bridgehead atoms. The first-order valence-electron chi connectivity index (χ1n) is 5.41. The molecule has 3 N–H and O–H groups in total. The van der Waals surface area contributed by atoms with Crippen molar-refractivity contribution in [1.29, 1.82) is 0 Å².